The van der Waals surface area contributed by atoms with E-state index in [2.05, 4.69) is 15.5 Å². The minimum Gasteiger partial charge on any atom is -0.381 e. The molecule has 5 nitrogen and oxygen atoms in total. The van der Waals surface area contributed by atoms with E-state index < -0.39 is 0 Å². The van der Waals surface area contributed by atoms with E-state index in [-0.39, 0.29) is 0 Å². The lowest BCUT2D eigenvalue weighted by Crippen LogP contribution is -2.08. The lowest BCUT2D eigenvalue weighted by Gasteiger charge is -1.98. The number of nitrogens with zero attached hydrogens (tertiary/aromatic N) is 2. The van der Waals surface area contributed by atoms with Gasteiger partial charge in [-0.1, -0.05) is 5.16 Å². The van der Waals surface area contributed by atoms with E-state index in [1.54, 1.807) is 0 Å². The maximum atomic E-state index is 5.24. The molecule has 0 bridgehead atoms. The monoisotopic (exact) mass is 211 g/mol. The maximum absolute atomic E-state index is 5.24. The van der Waals surface area contributed by atoms with Gasteiger partial charge in [0.25, 0.3) is 0 Å². The lowest BCUT2D eigenvalue weighted by atomic mass is 10.1. The number of hydrogen-bond acceptors (Lipinski definition) is 5. The molecular weight excluding hydrogens is 194 g/mol. The Morgan fingerprint density at radius 2 is 2.53 bits per heavy atom. The number of ether oxygens (including phenoxy) is 1. The third-order valence-corrected chi connectivity index (χ3v) is 2.57. The second-order valence-electron chi connectivity index (χ2n) is 3.69. The van der Waals surface area contributed by atoms with Gasteiger partial charge in [-0.2, -0.15) is 4.98 Å². The summed E-state index contributed by atoms with van der Waals surface area (Å²) in [5.41, 5.74) is 0. The number of rotatable bonds is 5. The molecule has 0 amide bonds. The van der Waals surface area contributed by atoms with Gasteiger partial charge in [-0.15, -0.1) is 0 Å². The van der Waals surface area contributed by atoms with Crippen molar-refractivity contribution in [1.82, 2.24) is 15.5 Å². The van der Waals surface area contributed by atoms with Crippen molar-refractivity contribution >= 4 is 0 Å². The van der Waals surface area contributed by atoms with Gasteiger partial charge in [-0.25, -0.2) is 0 Å². The highest BCUT2D eigenvalue weighted by atomic mass is 16.5. The summed E-state index contributed by atoms with van der Waals surface area (Å²) in [5.74, 6) is 1.93. The Kier molecular flexibility index (Phi) is 3.69. The smallest absolute Gasteiger partial charge is 0.231 e. The molecule has 84 valence electrons. The van der Waals surface area contributed by atoms with Crippen LogP contribution in [-0.4, -0.2) is 36.4 Å². The standard InChI is InChI=1S/C10H17N3O2/c1-2-14-6-4-9-12-10(15-13-9)8-3-5-11-7-8/h8,11H,2-7H2,1H3. The van der Waals surface area contributed by atoms with Gasteiger partial charge < -0.3 is 14.6 Å². The van der Waals surface area contributed by atoms with Gasteiger partial charge in [0.2, 0.25) is 5.89 Å². The van der Waals surface area contributed by atoms with Gasteiger partial charge in [-0.3, -0.25) is 0 Å². The quantitative estimate of drug-likeness (QED) is 0.727. The molecule has 1 aliphatic heterocycles. The first kappa shape index (κ1) is 10.6. The SMILES string of the molecule is CCOCCc1noc(C2CCNC2)n1. The van der Waals surface area contributed by atoms with Crippen molar-refractivity contribution < 1.29 is 9.26 Å². The predicted molar refractivity (Wildman–Crippen MR) is 54.7 cm³/mol. The van der Waals surface area contributed by atoms with E-state index in [4.69, 9.17) is 9.26 Å². The molecule has 0 saturated carbocycles. The van der Waals surface area contributed by atoms with Crippen LogP contribution in [0.5, 0.6) is 0 Å². The third-order valence-electron chi connectivity index (χ3n) is 2.57. The highest BCUT2D eigenvalue weighted by molar-refractivity contribution is 4.98. The number of nitrogens with one attached hydrogen (secondary N) is 1. The Labute approximate surface area is 89.2 Å². The van der Waals surface area contributed by atoms with E-state index in [0.29, 0.717) is 12.5 Å². The Bertz CT molecular complexity index is 295. The molecule has 1 N–H and O–H groups in total. The summed E-state index contributed by atoms with van der Waals surface area (Å²) in [5, 5.41) is 7.22. The molecule has 0 spiro atoms. The molecule has 1 unspecified atom stereocenters. The fourth-order valence-corrected chi connectivity index (χ4v) is 1.71. The topological polar surface area (TPSA) is 60.2 Å². The van der Waals surface area contributed by atoms with Gasteiger partial charge in [0.1, 0.15) is 0 Å². The summed E-state index contributed by atoms with van der Waals surface area (Å²) in [4.78, 5) is 4.37. The predicted octanol–water partition coefficient (Wildman–Crippen LogP) is 0.726. The van der Waals surface area contributed by atoms with E-state index >= 15 is 0 Å². The van der Waals surface area contributed by atoms with Crippen molar-refractivity contribution in [3.8, 4) is 0 Å². The first-order valence-corrected chi connectivity index (χ1v) is 5.51. The average molecular weight is 211 g/mol. The van der Waals surface area contributed by atoms with Crippen LogP contribution in [0.4, 0.5) is 0 Å². The normalized spacial score (nSPS) is 21.0. The summed E-state index contributed by atoms with van der Waals surface area (Å²) >= 11 is 0. The molecule has 1 aromatic rings. The Balaban J connectivity index is 1.86. The van der Waals surface area contributed by atoms with Crippen LogP contribution in [0.2, 0.25) is 0 Å². The van der Waals surface area contributed by atoms with Crippen LogP contribution < -0.4 is 5.32 Å². The molecule has 1 aromatic heterocycles. The molecule has 15 heavy (non-hydrogen) atoms. The second-order valence-corrected chi connectivity index (χ2v) is 3.69. The summed E-state index contributed by atoms with van der Waals surface area (Å²) in [7, 11) is 0. The fourth-order valence-electron chi connectivity index (χ4n) is 1.71. The summed E-state index contributed by atoms with van der Waals surface area (Å²) in [6.45, 7) is 5.37. The summed E-state index contributed by atoms with van der Waals surface area (Å²) in [6.07, 6.45) is 1.82. The van der Waals surface area contributed by atoms with Crippen molar-refractivity contribution in [2.75, 3.05) is 26.3 Å². The molecule has 0 aliphatic carbocycles. The first-order valence-electron chi connectivity index (χ1n) is 5.51. The zero-order valence-electron chi connectivity index (χ0n) is 9.03. The largest absolute Gasteiger partial charge is 0.381 e. The van der Waals surface area contributed by atoms with Crippen molar-refractivity contribution in [2.24, 2.45) is 0 Å². The molecule has 2 heterocycles. The van der Waals surface area contributed by atoms with Crippen molar-refractivity contribution in [2.45, 2.75) is 25.7 Å². The second kappa shape index (κ2) is 5.23. The maximum Gasteiger partial charge on any atom is 0.231 e. The highest BCUT2D eigenvalue weighted by Crippen LogP contribution is 2.20. The van der Waals surface area contributed by atoms with Gasteiger partial charge in [0, 0.05) is 19.6 Å². The molecule has 5 heteroatoms. The van der Waals surface area contributed by atoms with Crippen molar-refractivity contribution in [3.63, 3.8) is 0 Å². The summed E-state index contributed by atoms with van der Waals surface area (Å²) in [6, 6.07) is 0. The van der Waals surface area contributed by atoms with Crippen LogP contribution >= 0.6 is 0 Å². The summed E-state index contributed by atoms with van der Waals surface area (Å²) < 4.78 is 10.5. The Morgan fingerprint density at radius 1 is 1.60 bits per heavy atom. The molecule has 1 saturated heterocycles. The number of aromatic nitrogens is 2. The molecule has 1 aliphatic rings. The van der Waals surface area contributed by atoms with E-state index in [9.17, 15) is 0 Å². The number of hydrogen-bond donors (Lipinski definition) is 1. The highest BCUT2D eigenvalue weighted by Gasteiger charge is 2.22. The van der Waals surface area contributed by atoms with E-state index in [1.165, 1.54) is 0 Å². The van der Waals surface area contributed by atoms with Crippen molar-refractivity contribution in [3.05, 3.63) is 11.7 Å². The Hall–Kier alpha value is -0.940. The van der Waals surface area contributed by atoms with Crippen LogP contribution in [0, 0.1) is 0 Å². The zero-order valence-corrected chi connectivity index (χ0v) is 9.03. The molecule has 2 rings (SSSR count). The minimum absolute atomic E-state index is 0.401. The Morgan fingerprint density at radius 3 is 3.27 bits per heavy atom. The first-order chi connectivity index (χ1) is 7.40. The van der Waals surface area contributed by atoms with Crippen LogP contribution in [-0.2, 0) is 11.2 Å². The lowest BCUT2D eigenvalue weighted by molar-refractivity contribution is 0.149. The van der Waals surface area contributed by atoms with Crippen molar-refractivity contribution in [1.29, 1.82) is 0 Å². The van der Waals surface area contributed by atoms with Crippen LogP contribution in [0.25, 0.3) is 0 Å². The van der Waals surface area contributed by atoms with E-state index in [1.807, 2.05) is 6.92 Å². The molecule has 0 aromatic carbocycles. The molecular formula is C10H17N3O2. The third kappa shape index (κ3) is 2.76. The average Bonchev–Trinajstić information content (AvgIpc) is 2.87. The van der Waals surface area contributed by atoms with Gasteiger partial charge in [0.15, 0.2) is 5.82 Å². The van der Waals surface area contributed by atoms with Gasteiger partial charge in [-0.05, 0) is 19.9 Å². The minimum atomic E-state index is 0.401. The fraction of sp³-hybridized carbons (Fsp3) is 0.800. The van der Waals surface area contributed by atoms with Crippen LogP contribution in [0.1, 0.15) is 31.0 Å². The van der Waals surface area contributed by atoms with E-state index in [0.717, 1.165) is 44.3 Å². The van der Waals surface area contributed by atoms with Gasteiger partial charge in [0.05, 0.1) is 12.5 Å². The van der Waals surface area contributed by atoms with Gasteiger partial charge >= 0.3 is 0 Å². The zero-order chi connectivity index (χ0) is 10.5. The molecule has 1 atom stereocenters. The molecule has 0 radical (unpaired) electrons. The van der Waals surface area contributed by atoms with Crippen LogP contribution in [0.3, 0.4) is 0 Å². The molecule has 1 fully saturated rings. The van der Waals surface area contributed by atoms with Crippen LogP contribution in [0.15, 0.2) is 4.52 Å².